The molecule has 22 heavy (non-hydrogen) atoms. The topological polar surface area (TPSA) is 74.8 Å². The molecule has 110 valence electrons. The quantitative estimate of drug-likeness (QED) is 0.780. The zero-order chi connectivity index (χ0) is 15.5. The Balaban J connectivity index is 1.82. The minimum atomic E-state index is -0.361. The highest BCUT2D eigenvalue weighted by Crippen LogP contribution is 2.15. The van der Waals surface area contributed by atoms with Crippen molar-refractivity contribution in [3.8, 4) is 0 Å². The van der Waals surface area contributed by atoms with E-state index in [0.717, 1.165) is 0 Å². The second kappa shape index (κ2) is 5.99. The summed E-state index contributed by atoms with van der Waals surface area (Å²) in [6, 6.07) is 14.0. The van der Waals surface area contributed by atoms with Crippen molar-refractivity contribution in [2.75, 3.05) is 5.32 Å². The van der Waals surface area contributed by atoms with Crippen molar-refractivity contribution in [2.45, 2.75) is 6.42 Å². The molecule has 0 atom stereocenters. The molecule has 1 heterocycles. The van der Waals surface area contributed by atoms with E-state index in [9.17, 15) is 9.59 Å². The number of rotatable bonds is 3. The summed E-state index contributed by atoms with van der Waals surface area (Å²) in [5.74, 6) is -0.324. The first-order valence-corrected chi connectivity index (χ1v) is 7.03. The molecule has 0 aliphatic rings. The molecular formula is C16H12ClN3O2. The van der Waals surface area contributed by atoms with Crippen LogP contribution in [0.25, 0.3) is 11.0 Å². The van der Waals surface area contributed by atoms with Gasteiger partial charge >= 0.3 is 0 Å². The smallest absolute Gasteiger partial charge is 0.270 e. The summed E-state index contributed by atoms with van der Waals surface area (Å²) in [5.41, 5.74) is 1.69. The molecule has 5 nitrogen and oxygen atoms in total. The van der Waals surface area contributed by atoms with Gasteiger partial charge in [0.1, 0.15) is 5.69 Å². The Labute approximate surface area is 131 Å². The molecule has 0 unspecified atom stereocenters. The van der Waals surface area contributed by atoms with Gasteiger partial charge in [-0.1, -0.05) is 29.8 Å². The van der Waals surface area contributed by atoms with E-state index in [1.807, 2.05) is 12.1 Å². The Morgan fingerprint density at radius 3 is 2.82 bits per heavy atom. The number of carbonyl (C=O) groups excluding carboxylic acids is 1. The fourth-order valence-electron chi connectivity index (χ4n) is 2.11. The maximum Gasteiger partial charge on any atom is 0.270 e. The second-order valence-electron chi connectivity index (χ2n) is 4.77. The van der Waals surface area contributed by atoms with E-state index in [0.29, 0.717) is 21.7 Å². The number of hydrogen-bond acceptors (Lipinski definition) is 3. The summed E-state index contributed by atoms with van der Waals surface area (Å²) in [6.45, 7) is 0. The van der Waals surface area contributed by atoms with E-state index in [1.54, 1.807) is 36.4 Å². The third kappa shape index (κ3) is 3.15. The number of benzene rings is 2. The minimum Gasteiger partial charge on any atom is -0.326 e. The third-order valence-corrected chi connectivity index (χ3v) is 3.34. The Morgan fingerprint density at radius 2 is 2.00 bits per heavy atom. The van der Waals surface area contributed by atoms with Crippen LogP contribution in [0.15, 0.2) is 53.3 Å². The average molecular weight is 314 g/mol. The standard InChI is InChI=1S/C16H12ClN3O2/c17-10-4-3-5-11(8-10)18-15(21)9-14-16(22)20-13-7-2-1-6-12(13)19-14/h1-8H,9H2,(H,18,21)(H,20,22). The Hall–Kier alpha value is -2.66. The Bertz CT molecular complexity index is 905. The first kappa shape index (κ1) is 14.3. The molecule has 0 spiro atoms. The number of nitrogens with one attached hydrogen (secondary N) is 2. The molecule has 0 bridgehead atoms. The zero-order valence-corrected chi connectivity index (χ0v) is 12.2. The SMILES string of the molecule is O=C(Cc1nc2ccccc2[nH]c1=O)Nc1cccc(Cl)c1. The molecule has 0 aliphatic carbocycles. The van der Waals surface area contributed by atoms with Gasteiger partial charge in [-0.05, 0) is 30.3 Å². The molecule has 1 aromatic heterocycles. The fourth-order valence-corrected chi connectivity index (χ4v) is 2.30. The first-order valence-electron chi connectivity index (χ1n) is 6.65. The van der Waals surface area contributed by atoms with Gasteiger partial charge in [-0.2, -0.15) is 0 Å². The summed E-state index contributed by atoms with van der Waals surface area (Å²) < 4.78 is 0. The first-order chi connectivity index (χ1) is 10.6. The molecule has 2 aromatic carbocycles. The Kier molecular flexibility index (Phi) is 3.89. The van der Waals surface area contributed by atoms with Crippen LogP contribution in [0.5, 0.6) is 0 Å². The summed E-state index contributed by atoms with van der Waals surface area (Å²) in [7, 11) is 0. The zero-order valence-electron chi connectivity index (χ0n) is 11.5. The van der Waals surface area contributed by atoms with Crippen LogP contribution in [-0.4, -0.2) is 15.9 Å². The number of carbonyl (C=O) groups is 1. The van der Waals surface area contributed by atoms with Crippen molar-refractivity contribution in [3.63, 3.8) is 0 Å². The molecular weight excluding hydrogens is 302 g/mol. The van der Waals surface area contributed by atoms with Crippen LogP contribution < -0.4 is 10.9 Å². The number of hydrogen-bond donors (Lipinski definition) is 2. The predicted octanol–water partition coefficient (Wildman–Crippen LogP) is 2.76. The second-order valence-corrected chi connectivity index (χ2v) is 5.20. The summed E-state index contributed by atoms with van der Waals surface area (Å²) in [6.07, 6.45) is -0.104. The molecule has 2 N–H and O–H groups in total. The van der Waals surface area contributed by atoms with Crippen molar-refractivity contribution in [1.29, 1.82) is 0 Å². The lowest BCUT2D eigenvalue weighted by molar-refractivity contribution is -0.115. The largest absolute Gasteiger partial charge is 0.326 e. The number of nitrogens with zero attached hydrogens (tertiary/aromatic N) is 1. The maximum absolute atomic E-state index is 12.0. The third-order valence-electron chi connectivity index (χ3n) is 3.11. The van der Waals surface area contributed by atoms with Crippen molar-refractivity contribution in [1.82, 2.24) is 9.97 Å². The molecule has 0 saturated carbocycles. The lowest BCUT2D eigenvalue weighted by Crippen LogP contribution is -2.22. The number of anilines is 1. The highest BCUT2D eigenvalue weighted by Gasteiger charge is 2.10. The van der Waals surface area contributed by atoms with Crippen molar-refractivity contribution < 1.29 is 4.79 Å². The summed E-state index contributed by atoms with van der Waals surface area (Å²) in [5, 5.41) is 3.22. The summed E-state index contributed by atoms with van der Waals surface area (Å²) >= 11 is 5.86. The van der Waals surface area contributed by atoms with Gasteiger partial charge < -0.3 is 10.3 Å². The minimum absolute atomic E-state index is 0.104. The van der Waals surface area contributed by atoms with E-state index >= 15 is 0 Å². The number of aromatic nitrogens is 2. The molecule has 1 amide bonds. The normalized spacial score (nSPS) is 10.6. The van der Waals surface area contributed by atoms with Gasteiger partial charge in [0, 0.05) is 10.7 Å². The monoisotopic (exact) mass is 313 g/mol. The van der Waals surface area contributed by atoms with Crippen molar-refractivity contribution in [3.05, 3.63) is 69.6 Å². The molecule has 0 radical (unpaired) electrons. The fraction of sp³-hybridized carbons (Fsp3) is 0.0625. The van der Waals surface area contributed by atoms with Crippen molar-refractivity contribution >= 4 is 34.2 Å². The van der Waals surface area contributed by atoms with Gasteiger partial charge in [-0.25, -0.2) is 4.98 Å². The number of para-hydroxylation sites is 2. The van der Waals surface area contributed by atoms with E-state index in [4.69, 9.17) is 11.6 Å². The lowest BCUT2D eigenvalue weighted by atomic mass is 10.2. The number of halogens is 1. The van der Waals surface area contributed by atoms with E-state index < -0.39 is 0 Å². The van der Waals surface area contributed by atoms with Crippen LogP contribution in [0.2, 0.25) is 5.02 Å². The molecule has 0 aliphatic heterocycles. The van der Waals surface area contributed by atoms with E-state index in [-0.39, 0.29) is 23.6 Å². The number of aromatic amines is 1. The van der Waals surface area contributed by atoms with Crippen LogP contribution >= 0.6 is 11.6 Å². The van der Waals surface area contributed by atoms with Crippen LogP contribution in [0, 0.1) is 0 Å². The highest BCUT2D eigenvalue weighted by atomic mass is 35.5. The predicted molar refractivity (Wildman–Crippen MR) is 86.1 cm³/mol. The van der Waals surface area contributed by atoms with Gasteiger partial charge in [0.15, 0.2) is 0 Å². The van der Waals surface area contributed by atoms with Crippen LogP contribution in [0.3, 0.4) is 0 Å². The van der Waals surface area contributed by atoms with Gasteiger partial charge in [0.2, 0.25) is 5.91 Å². The van der Waals surface area contributed by atoms with Crippen molar-refractivity contribution in [2.24, 2.45) is 0 Å². The van der Waals surface area contributed by atoms with E-state index in [2.05, 4.69) is 15.3 Å². The van der Waals surface area contributed by atoms with Crippen LogP contribution in [-0.2, 0) is 11.2 Å². The van der Waals surface area contributed by atoms with Crippen LogP contribution in [0.1, 0.15) is 5.69 Å². The lowest BCUT2D eigenvalue weighted by Gasteiger charge is -2.05. The van der Waals surface area contributed by atoms with Crippen LogP contribution in [0.4, 0.5) is 5.69 Å². The van der Waals surface area contributed by atoms with Gasteiger partial charge in [-0.15, -0.1) is 0 Å². The molecule has 3 rings (SSSR count). The maximum atomic E-state index is 12.0. The number of fused-ring (bicyclic) bond motifs is 1. The molecule has 0 fully saturated rings. The van der Waals surface area contributed by atoms with Gasteiger partial charge in [0.25, 0.3) is 5.56 Å². The van der Waals surface area contributed by atoms with Gasteiger partial charge in [0.05, 0.1) is 17.5 Å². The average Bonchev–Trinajstić information content (AvgIpc) is 2.48. The molecule has 3 aromatic rings. The number of amides is 1. The number of H-pyrrole nitrogens is 1. The molecule has 6 heteroatoms. The van der Waals surface area contributed by atoms with Gasteiger partial charge in [-0.3, -0.25) is 9.59 Å². The highest BCUT2D eigenvalue weighted by molar-refractivity contribution is 6.30. The summed E-state index contributed by atoms with van der Waals surface area (Å²) in [4.78, 5) is 31.0. The molecule has 0 saturated heterocycles. The van der Waals surface area contributed by atoms with E-state index in [1.165, 1.54) is 0 Å². The Morgan fingerprint density at radius 1 is 1.18 bits per heavy atom.